The van der Waals surface area contributed by atoms with E-state index in [0.717, 1.165) is 35.9 Å². The molecule has 6 heteroatoms. The highest BCUT2D eigenvalue weighted by Crippen LogP contribution is 2.22. The van der Waals surface area contributed by atoms with E-state index in [4.69, 9.17) is 16.3 Å². The number of pyridine rings is 1. The van der Waals surface area contributed by atoms with E-state index in [9.17, 15) is 0 Å². The molecule has 5 nitrogen and oxygen atoms in total. The van der Waals surface area contributed by atoms with Gasteiger partial charge in [0.2, 0.25) is 0 Å². The second-order valence-corrected chi connectivity index (χ2v) is 4.84. The molecule has 2 aromatic rings. The Hall–Kier alpha value is -1.59. The van der Waals surface area contributed by atoms with E-state index in [1.165, 1.54) is 0 Å². The molecule has 0 aliphatic rings. The fourth-order valence-corrected chi connectivity index (χ4v) is 2.13. The van der Waals surface area contributed by atoms with Gasteiger partial charge in [-0.25, -0.2) is 0 Å². The molecule has 0 aliphatic heterocycles. The van der Waals surface area contributed by atoms with Crippen LogP contribution in [0.15, 0.2) is 18.3 Å². The summed E-state index contributed by atoms with van der Waals surface area (Å²) in [6, 6.07) is 3.85. The Morgan fingerprint density at radius 2 is 2.20 bits per heavy atom. The number of aryl methyl sites for hydroxylation is 2. The summed E-state index contributed by atoms with van der Waals surface area (Å²) in [5.41, 5.74) is 2.70. The van der Waals surface area contributed by atoms with Crippen LogP contribution in [0, 0.1) is 6.92 Å². The van der Waals surface area contributed by atoms with Gasteiger partial charge in [-0.15, -0.1) is 0 Å². The number of rotatable bonds is 6. The maximum absolute atomic E-state index is 6.24. The summed E-state index contributed by atoms with van der Waals surface area (Å²) < 4.78 is 7.60. The summed E-state index contributed by atoms with van der Waals surface area (Å²) in [5, 5.41) is 8.09. The van der Waals surface area contributed by atoms with Crippen LogP contribution in [0.5, 0.6) is 5.75 Å². The first kappa shape index (κ1) is 14.8. The van der Waals surface area contributed by atoms with Gasteiger partial charge in [0.05, 0.1) is 28.3 Å². The van der Waals surface area contributed by atoms with Gasteiger partial charge in [0.15, 0.2) is 0 Å². The zero-order valence-corrected chi connectivity index (χ0v) is 12.7. The zero-order chi connectivity index (χ0) is 14.5. The minimum absolute atomic E-state index is 0.389. The number of ether oxygens (including phenoxy) is 1. The molecule has 20 heavy (non-hydrogen) atoms. The van der Waals surface area contributed by atoms with Crippen molar-refractivity contribution in [3.05, 3.63) is 40.4 Å². The van der Waals surface area contributed by atoms with E-state index in [0.29, 0.717) is 11.6 Å². The minimum Gasteiger partial charge on any atom is -0.486 e. The largest absolute Gasteiger partial charge is 0.486 e. The van der Waals surface area contributed by atoms with Gasteiger partial charge in [0.1, 0.15) is 12.4 Å². The van der Waals surface area contributed by atoms with Gasteiger partial charge in [-0.05, 0) is 33.0 Å². The fourth-order valence-electron chi connectivity index (χ4n) is 1.94. The second-order valence-electron chi connectivity index (χ2n) is 4.47. The first-order chi connectivity index (χ1) is 9.65. The van der Waals surface area contributed by atoms with Crippen molar-refractivity contribution in [3.8, 4) is 5.75 Å². The van der Waals surface area contributed by atoms with Crippen LogP contribution in [0.25, 0.3) is 0 Å². The maximum Gasteiger partial charge on any atom is 0.138 e. The van der Waals surface area contributed by atoms with Crippen molar-refractivity contribution >= 4 is 11.6 Å². The SMILES string of the molecule is CCn1nc(C)c(Cl)c1COc1ccc(CNC)nc1. The van der Waals surface area contributed by atoms with Crippen molar-refractivity contribution in [3.63, 3.8) is 0 Å². The lowest BCUT2D eigenvalue weighted by atomic mass is 10.3. The standard InChI is InChI=1S/C14H19ClN4O/c1-4-19-13(14(15)10(2)18-19)9-20-12-6-5-11(7-16-3)17-8-12/h5-6,8,16H,4,7,9H2,1-3H3. The monoisotopic (exact) mass is 294 g/mol. The number of halogens is 1. The molecular weight excluding hydrogens is 276 g/mol. The van der Waals surface area contributed by atoms with Crippen molar-refractivity contribution in [2.45, 2.75) is 33.5 Å². The van der Waals surface area contributed by atoms with Crippen molar-refractivity contribution in [2.24, 2.45) is 0 Å². The van der Waals surface area contributed by atoms with E-state index in [1.807, 2.05) is 37.7 Å². The number of hydrogen-bond acceptors (Lipinski definition) is 4. The predicted molar refractivity (Wildman–Crippen MR) is 79.0 cm³/mol. The Bertz CT molecular complexity index is 565. The van der Waals surface area contributed by atoms with Crippen molar-refractivity contribution in [2.75, 3.05) is 7.05 Å². The van der Waals surface area contributed by atoms with E-state index in [1.54, 1.807) is 6.20 Å². The highest BCUT2D eigenvalue weighted by Gasteiger charge is 2.13. The van der Waals surface area contributed by atoms with Crippen molar-refractivity contribution in [1.29, 1.82) is 0 Å². The molecule has 2 heterocycles. The van der Waals surface area contributed by atoms with Crippen LogP contribution >= 0.6 is 11.6 Å². The molecule has 0 fully saturated rings. The van der Waals surface area contributed by atoms with Crippen LogP contribution < -0.4 is 10.1 Å². The molecule has 0 atom stereocenters. The third kappa shape index (κ3) is 3.29. The molecule has 0 saturated heterocycles. The average molecular weight is 295 g/mol. The fraction of sp³-hybridized carbons (Fsp3) is 0.429. The van der Waals surface area contributed by atoms with E-state index < -0.39 is 0 Å². The first-order valence-corrected chi connectivity index (χ1v) is 6.97. The summed E-state index contributed by atoms with van der Waals surface area (Å²) in [6.07, 6.45) is 1.72. The van der Waals surface area contributed by atoms with E-state index in [-0.39, 0.29) is 0 Å². The van der Waals surface area contributed by atoms with Gasteiger partial charge in [0.25, 0.3) is 0 Å². The highest BCUT2D eigenvalue weighted by molar-refractivity contribution is 6.31. The lowest BCUT2D eigenvalue weighted by Gasteiger charge is -2.08. The van der Waals surface area contributed by atoms with Gasteiger partial charge in [-0.3, -0.25) is 9.67 Å². The molecule has 2 rings (SSSR count). The van der Waals surface area contributed by atoms with Crippen LogP contribution in [0.3, 0.4) is 0 Å². The van der Waals surface area contributed by atoms with Gasteiger partial charge >= 0.3 is 0 Å². The Labute approximate surface area is 123 Å². The smallest absolute Gasteiger partial charge is 0.138 e. The molecule has 0 unspecified atom stereocenters. The summed E-state index contributed by atoms with van der Waals surface area (Å²) in [7, 11) is 1.89. The quantitative estimate of drug-likeness (QED) is 0.889. The second kappa shape index (κ2) is 6.72. The third-order valence-electron chi connectivity index (χ3n) is 2.98. The molecule has 0 radical (unpaired) electrons. The zero-order valence-electron chi connectivity index (χ0n) is 12.0. The Kier molecular flexibility index (Phi) is 4.98. The van der Waals surface area contributed by atoms with Crippen LogP contribution in [-0.4, -0.2) is 21.8 Å². The molecule has 2 aromatic heterocycles. The van der Waals surface area contributed by atoms with Crippen molar-refractivity contribution in [1.82, 2.24) is 20.1 Å². The van der Waals surface area contributed by atoms with E-state index >= 15 is 0 Å². The predicted octanol–water partition coefficient (Wildman–Crippen LogP) is 2.56. The van der Waals surface area contributed by atoms with Gasteiger partial charge in [-0.2, -0.15) is 5.10 Å². The molecular formula is C14H19ClN4O. The topological polar surface area (TPSA) is 52.0 Å². The third-order valence-corrected chi connectivity index (χ3v) is 3.48. The van der Waals surface area contributed by atoms with E-state index in [2.05, 4.69) is 15.4 Å². The molecule has 0 aliphatic carbocycles. The van der Waals surface area contributed by atoms with Crippen LogP contribution in [0.4, 0.5) is 0 Å². The van der Waals surface area contributed by atoms with Crippen molar-refractivity contribution < 1.29 is 4.74 Å². The maximum atomic E-state index is 6.24. The van der Waals surface area contributed by atoms with Gasteiger partial charge < -0.3 is 10.1 Å². The summed E-state index contributed by atoms with van der Waals surface area (Å²) in [5.74, 6) is 0.724. The molecule has 0 bridgehead atoms. The molecule has 0 aromatic carbocycles. The first-order valence-electron chi connectivity index (χ1n) is 6.59. The summed E-state index contributed by atoms with van der Waals surface area (Å²) >= 11 is 6.24. The normalized spacial score (nSPS) is 10.8. The number of nitrogens with one attached hydrogen (secondary N) is 1. The minimum atomic E-state index is 0.389. The molecule has 108 valence electrons. The number of hydrogen-bond donors (Lipinski definition) is 1. The molecule has 1 N–H and O–H groups in total. The molecule has 0 amide bonds. The Morgan fingerprint density at radius 3 is 2.80 bits per heavy atom. The number of aromatic nitrogens is 3. The average Bonchev–Trinajstić information content (AvgIpc) is 2.74. The lowest BCUT2D eigenvalue weighted by Crippen LogP contribution is -2.08. The van der Waals surface area contributed by atoms with Crippen LogP contribution in [0.1, 0.15) is 24.0 Å². The number of nitrogens with zero attached hydrogens (tertiary/aromatic N) is 3. The highest BCUT2D eigenvalue weighted by atomic mass is 35.5. The van der Waals surface area contributed by atoms with Gasteiger partial charge in [-0.1, -0.05) is 11.6 Å². The summed E-state index contributed by atoms with van der Waals surface area (Å²) in [6.45, 7) is 5.83. The van der Waals surface area contributed by atoms with Crippen LogP contribution in [0.2, 0.25) is 5.02 Å². The lowest BCUT2D eigenvalue weighted by molar-refractivity contribution is 0.291. The molecule has 0 saturated carbocycles. The van der Waals surface area contributed by atoms with Gasteiger partial charge in [0, 0.05) is 13.1 Å². The summed E-state index contributed by atoms with van der Waals surface area (Å²) in [4.78, 5) is 4.31. The van der Waals surface area contributed by atoms with Crippen LogP contribution in [-0.2, 0) is 19.7 Å². The Morgan fingerprint density at radius 1 is 1.40 bits per heavy atom. The Balaban J connectivity index is 2.05. The molecule has 0 spiro atoms.